The van der Waals surface area contributed by atoms with Crippen molar-refractivity contribution in [3.05, 3.63) is 28.2 Å². The Kier molecular flexibility index (Phi) is 3.44. The first-order chi connectivity index (χ1) is 5.75. The Balaban J connectivity index is 2.84. The first-order valence-corrected chi connectivity index (χ1v) is 3.87. The fraction of sp³-hybridized carbons (Fsp3) is 0. The van der Waals surface area contributed by atoms with Gasteiger partial charge in [0.1, 0.15) is 0 Å². The minimum absolute atomic E-state index is 0.317. The van der Waals surface area contributed by atoms with E-state index in [1.54, 1.807) is 18.2 Å². The van der Waals surface area contributed by atoms with Crippen LogP contribution in [0.25, 0.3) is 0 Å². The molecule has 0 fully saturated rings. The minimum Gasteiger partial charge on any atom is -0.535 e. The summed E-state index contributed by atoms with van der Waals surface area (Å²) >= 11 is 11.5. The van der Waals surface area contributed by atoms with Crippen molar-refractivity contribution in [2.75, 3.05) is 0 Å². The molecule has 0 aliphatic carbocycles. The molecule has 0 spiro atoms. The fourth-order valence-corrected chi connectivity index (χ4v) is 1.06. The van der Waals surface area contributed by atoms with E-state index in [9.17, 15) is 4.79 Å². The zero-order valence-corrected chi connectivity index (χ0v) is 7.47. The van der Waals surface area contributed by atoms with Crippen LogP contribution in [0.15, 0.2) is 18.2 Å². The molecule has 2 nitrogen and oxygen atoms in total. The van der Waals surface area contributed by atoms with Crippen LogP contribution in [0.2, 0.25) is 10.0 Å². The highest BCUT2D eigenvalue weighted by Gasteiger charge is 2.06. The van der Waals surface area contributed by atoms with Gasteiger partial charge in [0.2, 0.25) is 0 Å². The highest BCUT2D eigenvalue weighted by atomic mass is 35.5. The van der Waals surface area contributed by atoms with Crippen molar-refractivity contribution in [2.24, 2.45) is 0 Å². The van der Waals surface area contributed by atoms with Crippen molar-refractivity contribution in [2.45, 2.75) is 0 Å². The van der Waals surface area contributed by atoms with Gasteiger partial charge in [-0.1, -0.05) is 35.3 Å². The van der Waals surface area contributed by atoms with Gasteiger partial charge in [-0.05, 0) is 11.5 Å². The molecule has 1 aromatic rings. The zero-order chi connectivity index (χ0) is 8.97. The molecule has 0 heterocycles. The van der Waals surface area contributed by atoms with E-state index in [4.69, 9.17) is 23.2 Å². The number of benzene rings is 1. The summed E-state index contributed by atoms with van der Waals surface area (Å²) in [6.07, 6.45) is 0. The molecule has 0 saturated heterocycles. The lowest BCUT2D eigenvalue weighted by atomic mass is 9.88. The second-order valence-corrected chi connectivity index (χ2v) is 2.78. The average Bonchev–Trinajstić information content (AvgIpc) is 2.08. The summed E-state index contributed by atoms with van der Waals surface area (Å²) < 4.78 is 4.41. The molecular formula is C7H4BCl2O2. The monoisotopic (exact) mass is 201 g/mol. The number of carbonyl (C=O) groups is 1. The Bertz CT molecular complexity index is 291. The molecule has 0 aromatic heterocycles. The number of hydrogen-bond donors (Lipinski definition) is 0. The van der Waals surface area contributed by atoms with Crippen molar-refractivity contribution < 1.29 is 9.45 Å². The summed E-state index contributed by atoms with van der Waals surface area (Å²) in [5.74, 6) is 0. The third-order valence-corrected chi connectivity index (χ3v) is 2.07. The number of halogens is 2. The number of hydrogen-bond acceptors (Lipinski definition) is 2. The summed E-state index contributed by atoms with van der Waals surface area (Å²) in [6, 6.07) is 5.06. The van der Waals surface area contributed by atoms with Crippen molar-refractivity contribution in [3.63, 3.8) is 0 Å². The second kappa shape index (κ2) is 4.38. The Morgan fingerprint density at radius 1 is 1.42 bits per heavy atom. The molecule has 0 aliphatic heterocycles. The predicted octanol–water partition coefficient (Wildman–Crippen LogP) is 1.41. The van der Waals surface area contributed by atoms with E-state index in [1.807, 2.05) is 0 Å². The third kappa shape index (κ3) is 2.16. The summed E-state index contributed by atoms with van der Waals surface area (Å²) in [5.41, 5.74) is 0.580. The molecule has 61 valence electrons. The SMILES string of the molecule is O=CO[B]c1cccc(Cl)c1Cl. The van der Waals surface area contributed by atoms with Crippen molar-refractivity contribution in [3.8, 4) is 0 Å². The highest BCUT2D eigenvalue weighted by Crippen LogP contribution is 2.17. The summed E-state index contributed by atoms with van der Waals surface area (Å²) in [5, 5.41) is 0.806. The van der Waals surface area contributed by atoms with Crippen molar-refractivity contribution >= 4 is 42.6 Å². The molecule has 0 aliphatic rings. The van der Waals surface area contributed by atoms with E-state index >= 15 is 0 Å². The third-order valence-electron chi connectivity index (χ3n) is 1.23. The van der Waals surface area contributed by atoms with Crippen LogP contribution in [-0.4, -0.2) is 14.0 Å². The standard InChI is InChI=1S/C7H4BCl2O2/c9-6-3-1-2-5(7(6)10)8-12-4-11/h1-4H. The topological polar surface area (TPSA) is 26.3 Å². The normalized spacial score (nSPS) is 9.17. The van der Waals surface area contributed by atoms with Crippen molar-refractivity contribution in [1.82, 2.24) is 0 Å². The lowest BCUT2D eigenvalue weighted by molar-refractivity contribution is -0.120. The molecular weight excluding hydrogens is 198 g/mol. The average molecular weight is 202 g/mol. The van der Waals surface area contributed by atoms with E-state index in [-0.39, 0.29) is 0 Å². The Labute approximate surface area is 80.7 Å². The van der Waals surface area contributed by atoms with Crippen LogP contribution in [0.4, 0.5) is 0 Å². The predicted molar refractivity (Wildman–Crippen MR) is 49.0 cm³/mol. The molecule has 0 bridgehead atoms. The first kappa shape index (κ1) is 9.42. The van der Waals surface area contributed by atoms with Crippen LogP contribution in [0.3, 0.4) is 0 Å². The summed E-state index contributed by atoms with van der Waals surface area (Å²) in [4.78, 5) is 9.84. The van der Waals surface area contributed by atoms with Gasteiger partial charge >= 0.3 is 7.48 Å². The van der Waals surface area contributed by atoms with E-state index in [1.165, 1.54) is 7.48 Å². The molecule has 0 atom stereocenters. The van der Waals surface area contributed by atoms with Crippen LogP contribution >= 0.6 is 23.2 Å². The molecule has 0 N–H and O–H groups in total. The lowest BCUT2D eigenvalue weighted by Gasteiger charge is -2.01. The van der Waals surface area contributed by atoms with E-state index in [2.05, 4.69) is 4.65 Å². The van der Waals surface area contributed by atoms with Crippen LogP contribution in [0.1, 0.15) is 0 Å². The van der Waals surface area contributed by atoms with E-state index in [0.29, 0.717) is 22.0 Å². The quantitative estimate of drug-likeness (QED) is 0.546. The maximum Gasteiger partial charge on any atom is 0.413 e. The molecule has 1 aromatic carbocycles. The van der Waals surface area contributed by atoms with Gasteiger partial charge in [0, 0.05) is 0 Å². The van der Waals surface area contributed by atoms with Gasteiger partial charge < -0.3 is 4.65 Å². The van der Waals surface area contributed by atoms with Gasteiger partial charge in [0.25, 0.3) is 6.47 Å². The van der Waals surface area contributed by atoms with Crippen LogP contribution in [-0.2, 0) is 9.45 Å². The Hall–Kier alpha value is -0.665. The van der Waals surface area contributed by atoms with Gasteiger partial charge in [-0.15, -0.1) is 0 Å². The van der Waals surface area contributed by atoms with Crippen LogP contribution < -0.4 is 5.46 Å². The molecule has 1 rings (SSSR count). The summed E-state index contributed by atoms with van der Waals surface area (Å²) in [7, 11) is 1.24. The van der Waals surface area contributed by atoms with Gasteiger partial charge in [0.05, 0.1) is 10.0 Å². The molecule has 5 heteroatoms. The maximum atomic E-state index is 9.84. The first-order valence-electron chi connectivity index (χ1n) is 3.12. The Morgan fingerprint density at radius 2 is 2.17 bits per heavy atom. The van der Waals surface area contributed by atoms with Crippen LogP contribution in [0.5, 0.6) is 0 Å². The molecule has 12 heavy (non-hydrogen) atoms. The minimum atomic E-state index is 0.317. The Morgan fingerprint density at radius 3 is 2.83 bits per heavy atom. The lowest BCUT2D eigenvalue weighted by Crippen LogP contribution is -2.18. The number of carbonyl (C=O) groups excluding carboxylic acids is 1. The molecule has 1 radical (unpaired) electrons. The van der Waals surface area contributed by atoms with Crippen molar-refractivity contribution in [1.29, 1.82) is 0 Å². The van der Waals surface area contributed by atoms with Crippen LogP contribution in [0, 0.1) is 0 Å². The fourth-order valence-electron chi connectivity index (χ4n) is 0.713. The van der Waals surface area contributed by atoms with E-state index in [0.717, 1.165) is 0 Å². The molecule has 0 unspecified atom stereocenters. The zero-order valence-electron chi connectivity index (χ0n) is 5.96. The molecule has 0 saturated carbocycles. The molecule has 0 amide bonds. The smallest absolute Gasteiger partial charge is 0.413 e. The van der Waals surface area contributed by atoms with Gasteiger partial charge in [0.15, 0.2) is 0 Å². The van der Waals surface area contributed by atoms with Gasteiger partial charge in [-0.2, -0.15) is 0 Å². The van der Waals surface area contributed by atoms with Gasteiger partial charge in [-0.3, -0.25) is 4.79 Å². The highest BCUT2D eigenvalue weighted by molar-refractivity contribution is 6.57. The largest absolute Gasteiger partial charge is 0.535 e. The summed E-state index contributed by atoms with van der Waals surface area (Å²) in [6.45, 7) is 0.317. The second-order valence-electron chi connectivity index (χ2n) is 1.99. The van der Waals surface area contributed by atoms with E-state index < -0.39 is 0 Å². The number of rotatable bonds is 3. The maximum absolute atomic E-state index is 9.84. The van der Waals surface area contributed by atoms with Gasteiger partial charge in [-0.25, -0.2) is 0 Å².